The molecule has 0 bridgehead atoms. The number of benzene rings is 8. The van der Waals surface area contributed by atoms with Crippen molar-refractivity contribution < 1.29 is 0 Å². The Hall–Kier alpha value is -6.68. The standard InChI is InChI=1S/C50H32N2S/c1-3-13-33(14-4-1)36-19-11-20-38(27-36)46-32-47(52-50(51-46)44-23-12-18-35-17-7-8-21-42(35)44)41-29-39(34-15-5-2-6-16-34)28-40(30-41)37-25-26-49-45(31-37)43-22-9-10-24-48(43)53-49/h1-32H. The molecule has 0 fully saturated rings. The van der Waals surface area contributed by atoms with E-state index in [1.807, 2.05) is 11.3 Å². The van der Waals surface area contributed by atoms with Crippen molar-refractivity contribution in [1.29, 1.82) is 0 Å². The number of nitrogens with zero attached hydrogens (tertiary/aromatic N) is 2. The summed E-state index contributed by atoms with van der Waals surface area (Å²) < 4.78 is 2.61. The van der Waals surface area contributed by atoms with Crippen LogP contribution < -0.4 is 0 Å². The normalized spacial score (nSPS) is 11.4. The molecule has 2 aromatic heterocycles. The molecule has 0 aliphatic rings. The maximum atomic E-state index is 5.37. The molecule has 0 spiro atoms. The van der Waals surface area contributed by atoms with Crippen molar-refractivity contribution in [2.75, 3.05) is 0 Å². The van der Waals surface area contributed by atoms with Gasteiger partial charge in [0.2, 0.25) is 0 Å². The Kier molecular flexibility index (Phi) is 7.71. The first-order valence-electron chi connectivity index (χ1n) is 17.9. The first kappa shape index (κ1) is 31.1. The summed E-state index contributed by atoms with van der Waals surface area (Å²) in [4.78, 5) is 10.7. The molecule has 0 amide bonds. The maximum Gasteiger partial charge on any atom is 0.161 e. The molecule has 0 aliphatic carbocycles. The first-order valence-corrected chi connectivity index (χ1v) is 18.7. The van der Waals surface area contributed by atoms with Crippen LogP contribution in [0.25, 0.3) is 98.2 Å². The highest BCUT2D eigenvalue weighted by Gasteiger charge is 2.16. The number of aromatic nitrogens is 2. The van der Waals surface area contributed by atoms with E-state index in [1.54, 1.807) is 0 Å². The molecule has 8 aromatic carbocycles. The highest BCUT2D eigenvalue weighted by molar-refractivity contribution is 7.25. The van der Waals surface area contributed by atoms with Crippen LogP contribution in [0.4, 0.5) is 0 Å². The average Bonchev–Trinajstić information content (AvgIpc) is 3.62. The van der Waals surface area contributed by atoms with Crippen molar-refractivity contribution in [3.05, 3.63) is 194 Å². The van der Waals surface area contributed by atoms with E-state index in [-0.39, 0.29) is 0 Å². The molecule has 2 nitrogen and oxygen atoms in total. The molecule has 10 aromatic rings. The van der Waals surface area contributed by atoms with Gasteiger partial charge in [-0.15, -0.1) is 11.3 Å². The summed E-state index contributed by atoms with van der Waals surface area (Å²) in [6, 6.07) is 69.3. The molecule has 0 unspecified atom stereocenters. The number of fused-ring (bicyclic) bond motifs is 4. The Labute approximate surface area is 312 Å². The van der Waals surface area contributed by atoms with Gasteiger partial charge in [-0.3, -0.25) is 0 Å². The summed E-state index contributed by atoms with van der Waals surface area (Å²) in [6.07, 6.45) is 0. The monoisotopic (exact) mass is 692 g/mol. The molecule has 0 atom stereocenters. The van der Waals surface area contributed by atoms with Gasteiger partial charge in [-0.1, -0.05) is 146 Å². The fourth-order valence-electron chi connectivity index (χ4n) is 7.42. The zero-order chi connectivity index (χ0) is 35.1. The summed E-state index contributed by atoms with van der Waals surface area (Å²) in [5.74, 6) is 0.706. The van der Waals surface area contributed by atoms with Gasteiger partial charge in [0.1, 0.15) is 0 Å². The molecule has 3 heteroatoms. The van der Waals surface area contributed by atoms with Gasteiger partial charge in [0.05, 0.1) is 11.4 Å². The van der Waals surface area contributed by atoms with Crippen molar-refractivity contribution in [1.82, 2.24) is 9.97 Å². The second-order valence-corrected chi connectivity index (χ2v) is 14.5. The number of thiophene rings is 1. The molecule has 0 N–H and O–H groups in total. The van der Waals surface area contributed by atoms with Gasteiger partial charge in [-0.05, 0) is 92.7 Å². The van der Waals surface area contributed by atoms with Crippen LogP contribution in [0.2, 0.25) is 0 Å². The summed E-state index contributed by atoms with van der Waals surface area (Å²) >= 11 is 1.85. The Morgan fingerprint density at radius 3 is 1.64 bits per heavy atom. The van der Waals surface area contributed by atoms with Crippen LogP contribution >= 0.6 is 11.3 Å². The van der Waals surface area contributed by atoms with Crippen LogP contribution in [-0.2, 0) is 0 Å². The lowest BCUT2D eigenvalue weighted by Gasteiger charge is -2.14. The molecule has 53 heavy (non-hydrogen) atoms. The van der Waals surface area contributed by atoms with Crippen LogP contribution in [-0.4, -0.2) is 9.97 Å². The minimum atomic E-state index is 0.706. The number of hydrogen-bond acceptors (Lipinski definition) is 3. The second kappa shape index (κ2) is 13.1. The quantitative estimate of drug-likeness (QED) is 0.173. The lowest BCUT2D eigenvalue weighted by molar-refractivity contribution is 1.19. The molecular weight excluding hydrogens is 661 g/mol. The molecule has 0 saturated heterocycles. The van der Waals surface area contributed by atoms with Gasteiger partial charge in [0.15, 0.2) is 5.82 Å². The number of rotatable bonds is 6. The van der Waals surface area contributed by atoms with Crippen molar-refractivity contribution in [2.45, 2.75) is 0 Å². The maximum absolute atomic E-state index is 5.37. The topological polar surface area (TPSA) is 25.8 Å². The average molecular weight is 693 g/mol. The van der Waals surface area contributed by atoms with Gasteiger partial charge in [0.25, 0.3) is 0 Å². The van der Waals surface area contributed by atoms with Gasteiger partial charge in [-0.25, -0.2) is 9.97 Å². The summed E-state index contributed by atoms with van der Waals surface area (Å²) in [5, 5.41) is 4.88. The Morgan fingerprint density at radius 1 is 0.302 bits per heavy atom. The molecular formula is C50H32N2S. The van der Waals surface area contributed by atoms with E-state index in [4.69, 9.17) is 9.97 Å². The highest BCUT2D eigenvalue weighted by Crippen LogP contribution is 2.39. The predicted molar refractivity (Wildman–Crippen MR) is 225 cm³/mol. The van der Waals surface area contributed by atoms with E-state index < -0.39 is 0 Å². The third-order valence-corrected chi connectivity index (χ3v) is 11.2. The van der Waals surface area contributed by atoms with Crippen molar-refractivity contribution >= 4 is 42.3 Å². The Morgan fingerprint density at radius 2 is 0.830 bits per heavy atom. The van der Waals surface area contributed by atoms with Crippen LogP contribution in [0.1, 0.15) is 0 Å². The van der Waals surface area contributed by atoms with Gasteiger partial charge >= 0.3 is 0 Å². The van der Waals surface area contributed by atoms with Crippen molar-refractivity contribution in [2.24, 2.45) is 0 Å². The first-order chi connectivity index (χ1) is 26.2. The number of hydrogen-bond donors (Lipinski definition) is 0. The summed E-state index contributed by atoms with van der Waals surface area (Å²) in [5.41, 5.74) is 11.8. The molecule has 0 saturated carbocycles. The largest absolute Gasteiger partial charge is 0.228 e. The summed E-state index contributed by atoms with van der Waals surface area (Å²) in [7, 11) is 0. The lowest BCUT2D eigenvalue weighted by Crippen LogP contribution is -1.97. The van der Waals surface area contributed by atoms with Crippen molar-refractivity contribution in [3.8, 4) is 67.3 Å². The third-order valence-electron chi connectivity index (χ3n) is 10.1. The van der Waals surface area contributed by atoms with Crippen LogP contribution in [0.5, 0.6) is 0 Å². The van der Waals surface area contributed by atoms with E-state index >= 15 is 0 Å². The predicted octanol–water partition coefficient (Wildman–Crippen LogP) is 14.0. The zero-order valence-electron chi connectivity index (χ0n) is 28.8. The third kappa shape index (κ3) is 5.87. The van der Waals surface area contributed by atoms with Crippen LogP contribution in [0.3, 0.4) is 0 Å². The fourth-order valence-corrected chi connectivity index (χ4v) is 8.50. The van der Waals surface area contributed by atoms with E-state index in [0.29, 0.717) is 5.82 Å². The fraction of sp³-hybridized carbons (Fsp3) is 0. The van der Waals surface area contributed by atoms with Crippen molar-refractivity contribution in [3.63, 3.8) is 0 Å². The van der Waals surface area contributed by atoms with Crippen LogP contribution in [0.15, 0.2) is 194 Å². The summed E-state index contributed by atoms with van der Waals surface area (Å²) in [6.45, 7) is 0. The highest BCUT2D eigenvalue weighted by atomic mass is 32.1. The molecule has 0 radical (unpaired) electrons. The smallest absolute Gasteiger partial charge is 0.161 e. The minimum Gasteiger partial charge on any atom is -0.228 e. The molecule has 2 heterocycles. The SMILES string of the molecule is c1ccc(-c2cccc(-c3cc(-c4cc(-c5ccccc5)cc(-c5ccc6sc7ccccc7c6c5)c4)nc(-c4cccc5ccccc45)n3)c2)cc1. The minimum absolute atomic E-state index is 0.706. The van der Waals surface area contributed by atoms with Gasteiger partial charge < -0.3 is 0 Å². The zero-order valence-corrected chi connectivity index (χ0v) is 29.6. The van der Waals surface area contributed by atoms with Crippen LogP contribution in [0, 0.1) is 0 Å². The second-order valence-electron chi connectivity index (χ2n) is 13.4. The Balaban J connectivity index is 1.20. The van der Waals surface area contributed by atoms with E-state index in [2.05, 4.69) is 194 Å². The molecule has 10 rings (SSSR count). The van der Waals surface area contributed by atoms with E-state index in [9.17, 15) is 0 Å². The van der Waals surface area contributed by atoms with E-state index in [0.717, 1.165) is 61.1 Å². The van der Waals surface area contributed by atoms with E-state index in [1.165, 1.54) is 31.3 Å². The van der Waals surface area contributed by atoms with Gasteiger partial charge in [-0.2, -0.15) is 0 Å². The Bertz CT molecular complexity index is 2940. The van der Waals surface area contributed by atoms with Gasteiger partial charge in [0, 0.05) is 36.9 Å². The molecule has 0 aliphatic heterocycles. The molecule has 248 valence electrons. The lowest BCUT2D eigenvalue weighted by atomic mass is 9.93.